The first-order valence-electron chi connectivity index (χ1n) is 4.94. The highest BCUT2D eigenvalue weighted by Crippen LogP contribution is 2.29. The molecule has 0 unspecified atom stereocenters. The van der Waals surface area contributed by atoms with Crippen LogP contribution in [-0.4, -0.2) is 5.78 Å². The van der Waals surface area contributed by atoms with Crippen molar-refractivity contribution in [2.24, 2.45) is 0 Å². The quantitative estimate of drug-likeness (QED) is 0.688. The third-order valence-electron chi connectivity index (χ3n) is 2.37. The lowest BCUT2D eigenvalue weighted by molar-refractivity contribution is 0.103. The van der Waals surface area contributed by atoms with Crippen LogP contribution in [0.25, 0.3) is 0 Å². The van der Waals surface area contributed by atoms with Gasteiger partial charge < -0.3 is 0 Å². The van der Waals surface area contributed by atoms with Crippen molar-refractivity contribution in [3.8, 4) is 0 Å². The Bertz CT molecular complexity index is 624. The predicted molar refractivity (Wildman–Crippen MR) is 74.0 cm³/mol. The topological polar surface area (TPSA) is 17.1 Å². The van der Waals surface area contributed by atoms with Crippen LogP contribution in [0, 0.1) is 5.82 Å². The molecular weight excluding hydrogens is 342 g/mol. The van der Waals surface area contributed by atoms with Crippen molar-refractivity contribution in [2.45, 2.75) is 0 Å². The minimum absolute atomic E-state index is 0.0941. The van der Waals surface area contributed by atoms with Crippen molar-refractivity contribution in [3.05, 3.63) is 67.9 Å². The van der Waals surface area contributed by atoms with Gasteiger partial charge in [0.25, 0.3) is 0 Å². The summed E-state index contributed by atoms with van der Waals surface area (Å²) in [7, 11) is 0. The van der Waals surface area contributed by atoms with Crippen molar-refractivity contribution >= 4 is 44.9 Å². The van der Waals surface area contributed by atoms with Crippen molar-refractivity contribution in [2.75, 3.05) is 0 Å². The molecule has 18 heavy (non-hydrogen) atoms. The maximum absolute atomic E-state index is 13.1. The van der Waals surface area contributed by atoms with E-state index in [-0.39, 0.29) is 21.2 Å². The molecule has 0 aromatic heterocycles. The normalized spacial score (nSPS) is 10.4. The second-order valence-electron chi connectivity index (χ2n) is 3.55. The van der Waals surface area contributed by atoms with E-state index in [1.54, 1.807) is 18.2 Å². The lowest BCUT2D eigenvalue weighted by Gasteiger charge is -2.06. The van der Waals surface area contributed by atoms with Gasteiger partial charge in [-0.15, -0.1) is 0 Å². The number of hydrogen-bond donors (Lipinski definition) is 0. The van der Waals surface area contributed by atoms with Crippen LogP contribution in [0.1, 0.15) is 15.9 Å². The Morgan fingerprint density at radius 1 is 1.11 bits per heavy atom. The molecule has 2 rings (SSSR count). The van der Waals surface area contributed by atoms with Gasteiger partial charge >= 0.3 is 0 Å². The molecule has 0 bridgehead atoms. The third kappa shape index (κ3) is 2.58. The van der Waals surface area contributed by atoms with Crippen LogP contribution >= 0.6 is 39.1 Å². The molecule has 0 aliphatic carbocycles. The zero-order valence-electron chi connectivity index (χ0n) is 8.88. The Morgan fingerprint density at radius 3 is 2.56 bits per heavy atom. The van der Waals surface area contributed by atoms with Gasteiger partial charge in [-0.05, 0) is 46.3 Å². The smallest absolute Gasteiger partial charge is 0.196 e. The van der Waals surface area contributed by atoms with E-state index in [2.05, 4.69) is 15.9 Å². The van der Waals surface area contributed by atoms with Gasteiger partial charge in [0.1, 0.15) is 5.82 Å². The van der Waals surface area contributed by atoms with Crippen LogP contribution in [0.4, 0.5) is 4.39 Å². The summed E-state index contributed by atoms with van der Waals surface area (Å²) in [5.74, 6) is -0.931. The van der Waals surface area contributed by atoms with E-state index in [4.69, 9.17) is 23.2 Å². The van der Waals surface area contributed by atoms with E-state index < -0.39 is 11.6 Å². The molecule has 0 atom stereocenters. The van der Waals surface area contributed by atoms with E-state index in [1.165, 1.54) is 12.1 Å². The van der Waals surface area contributed by atoms with E-state index >= 15 is 0 Å². The lowest BCUT2D eigenvalue weighted by atomic mass is 10.0. The molecular formula is C13H6BrCl2FO. The molecule has 0 radical (unpaired) electrons. The minimum atomic E-state index is -0.520. The fourth-order valence-corrected chi connectivity index (χ4v) is 2.28. The van der Waals surface area contributed by atoms with Crippen LogP contribution < -0.4 is 0 Å². The van der Waals surface area contributed by atoms with Gasteiger partial charge in [-0.3, -0.25) is 4.79 Å². The molecule has 0 aliphatic rings. The van der Waals surface area contributed by atoms with E-state index in [0.717, 1.165) is 6.07 Å². The number of rotatable bonds is 2. The number of benzene rings is 2. The second kappa shape index (κ2) is 5.39. The number of carbonyl (C=O) groups excluding carboxylic acids is 1. The molecule has 0 heterocycles. The zero-order valence-corrected chi connectivity index (χ0v) is 12.0. The summed E-state index contributed by atoms with van der Waals surface area (Å²) in [5.41, 5.74) is 0.371. The maximum atomic E-state index is 13.1. The molecule has 0 N–H and O–H groups in total. The summed E-state index contributed by atoms with van der Waals surface area (Å²) in [6.07, 6.45) is 0. The van der Waals surface area contributed by atoms with Crippen LogP contribution in [-0.2, 0) is 0 Å². The lowest BCUT2D eigenvalue weighted by Crippen LogP contribution is -2.04. The van der Waals surface area contributed by atoms with E-state index in [0.29, 0.717) is 4.47 Å². The fraction of sp³-hybridized carbons (Fsp3) is 0. The Morgan fingerprint density at radius 2 is 1.83 bits per heavy atom. The van der Waals surface area contributed by atoms with E-state index in [9.17, 15) is 9.18 Å². The number of hydrogen-bond acceptors (Lipinski definition) is 1. The Labute approximate surface area is 122 Å². The molecule has 92 valence electrons. The highest BCUT2D eigenvalue weighted by atomic mass is 79.9. The number of ketones is 1. The fourth-order valence-electron chi connectivity index (χ4n) is 1.50. The second-order valence-corrected chi connectivity index (χ2v) is 5.19. The van der Waals surface area contributed by atoms with Gasteiger partial charge in [-0.25, -0.2) is 4.39 Å². The Hall–Kier alpha value is -0.900. The Balaban J connectivity index is 2.55. The molecule has 2 aromatic carbocycles. The molecule has 0 amide bonds. The first-order chi connectivity index (χ1) is 8.50. The first-order valence-corrected chi connectivity index (χ1v) is 6.49. The molecule has 0 saturated heterocycles. The molecule has 0 saturated carbocycles. The average molecular weight is 348 g/mol. The highest BCUT2D eigenvalue weighted by Gasteiger charge is 2.17. The van der Waals surface area contributed by atoms with Gasteiger partial charge in [0, 0.05) is 15.6 Å². The summed E-state index contributed by atoms with van der Waals surface area (Å²) in [6.45, 7) is 0. The van der Waals surface area contributed by atoms with E-state index in [1.807, 2.05) is 0 Å². The summed E-state index contributed by atoms with van der Waals surface area (Å²) in [5, 5.41) is 0.472. The van der Waals surface area contributed by atoms with Gasteiger partial charge in [0.2, 0.25) is 0 Å². The standard InChI is InChI=1S/C13H6BrCl2FO/c14-10-3-1-2-8(12(10)16)13(18)9-6-7(17)4-5-11(9)15/h1-6H. The third-order valence-corrected chi connectivity index (χ3v) is 4.00. The van der Waals surface area contributed by atoms with Crippen LogP contribution in [0.2, 0.25) is 10.0 Å². The number of halogens is 4. The van der Waals surface area contributed by atoms with Crippen molar-refractivity contribution < 1.29 is 9.18 Å². The molecule has 0 spiro atoms. The maximum Gasteiger partial charge on any atom is 0.196 e. The summed E-state index contributed by atoms with van der Waals surface area (Å²) in [4.78, 5) is 12.2. The molecule has 0 fully saturated rings. The van der Waals surface area contributed by atoms with Gasteiger partial charge in [0.05, 0.1) is 10.0 Å². The summed E-state index contributed by atoms with van der Waals surface area (Å²) < 4.78 is 13.7. The van der Waals surface area contributed by atoms with Crippen LogP contribution in [0.3, 0.4) is 0 Å². The summed E-state index contributed by atoms with van der Waals surface area (Å²) >= 11 is 15.1. The van der Waals surface area contributed by atoms with Crippen LogP contribution in [0.15, 0.2) is 40.9 Å². The molecule has 5 heteroatoms. The van der Waals surface area contributed by atoms with Crippen molar-refractivity contribution in [1.82, 2.24) is 0 Å². The largest absolute Gasteiger partial charge is 0.288 e. The zero-order chi connectivity index (χ0) is 13.3. The predicted octanol–water partition coefficient (Wildman–Crippen LogP) is 5.13. The average Bonchev–Trinajstić information content (AvgIpc) is 2.35. The summed E-state index contributed by atoms with van der Waals surface area (Å²) in [6, 6.07) is 8.60. The van der Waals surface area contributed by atoms with Gasteiger partial charge in [-0.2, -0.15) is 0 Å². The minimum Gasteiger partial charge on any atom is -0.288 e. The first kappa shape index (κ1) is 13.5. The monoisotopic (exact) mass is 346 g/mol. The van der Waals surface area contributed by atoms with Gasteiger partial charge in [-0.1, -0.05) is 29.3 Å². The SMILES string of the molecule is O=C(c1cc(F)ccc1Cl)c1cccc(Br)c1Cl. The molecule has 1 nitrogen and oxygen atoms in total. The molecule has 0 aliphatic heterocycles. The van der Waals surface area contributed by atoms with Gasteiger partial charge in [0.15, 0.2) is 5.78 Å². The highest BCUT2D eigenvalue weighted by molar-refractivity contribution is 9.10. The Kier molecular flexibility index (Phi) is 4.05. The number of carbonyl (C=O) groups is 1. The van der Waals surface area contributed by atoms with Crippen molar-refractivity contribution in [1.29, 1.82) is 0 Å². The van der Waals surface area contributed by atoms with Crippen molar-refractivity contribution in [3.63, 3.8) is 0 Å². The van der Waals surface area contributed by atoms with Crippen LogP contribution in [0.5, 0.6) is 0 Å². The molecule has 2 aromatic rings.